The maximum absolute atomic E-state index is 13.4. The molecule has 3 heterocycles. The third-order valence-corrected chi connectivity index (χ3v) is 7.18. The molecule has 3 saturated heterocycles. The Balaban J connectivity index is 1.41. The second-order valence-electron chi connectivity index (χ2n) is 8.92. The number of likely N-dealkylation sites (N-methyl/N-ethyl adjacent to an activating group) is 1. The van der Waals surface area contributed by atoms with Crippen molar-refractivity contribution >= 4 is 11.9 Å². The first-order valence-electron chi connectivity index (χ1n) is 10.6. The van der Waals surface area contributed by atoms with Crippen molar-refractivity contribution in [2.45, 2.75) is 57.4 Å². The monoisotopic (exact) mass is 362 g/mol. The number of hydrogen-bond acceptors (Lipinski definition) is 3. The molecule has 146 valence electrons. The highest BCUT2D eigenvalue weighted by Crippen LogP contribution is 2.42. The van der Waals surface area contributed by atoms with E-state index in [-0.39, 0.29) is 11.4 Å². The zero-order valence-corrected chi connectivity index (χ0v) is 16.3. The molecule has 4 aliphatic rings. The van der Waals surface area contributed by atoms with Gasteiger partial charge in [0.1, 0.15) is 0 Å². The first-order chi connectivity index (χ1) is 12.6. The quantitative estimate of drug-likeness (QED) is 0.717. The zero-order valence-electron chi connectivity index (χ0n) is 16.3. The predicted octanol–water partition coefficient (Wildman–Crippen LogP) is 2.00. The van der Waals surface area contributed by atoms with E-state index in [0.717, 1.165) is 58.5 Å². The number of rotatable bonds is 1. The van der Waals surface area contributed by atoms with Crippen molar-refractivity contribution in [2.75, 3.05) is 52.9 Å². The highest BCUT2D eigenvalue weighted by atomic mass is 16.2. The van der Waals surface area contributed by atoms with Gasteiger partial charge in [-0.2, -0.15) is 0 Å². The number of likely N-dealkylation sites (tertiary alicyclic amines) is 2. The van der Waals surface area contributed by atoms with Gasteiger partial charge in [0.05, 0.1) is 5.41 Å². The van der Waals surface area contributed by atoms with E-state index in [4.69, 9.17) is 0 Å². The number of nitrogens with zero attached hydrogens (tertiary/aromatic N) is 4. The SMILES string of the molecule is CN1CCN(C(=O)N2CC[C@@]3(CCCN(C4CCCCC4)C3=O)C2)CC1. The number of urea groups is 1. The van der Waals surface area contributed by atoms with E-state index >= 15 is 0 Å². The predicted molar refractivity (Wildman–Crippen MR) is 101 cm³/mol. The van der Waals surface area contributed by atoms with Gasteiger partial charge in [0.2, 0.25) is 5.91 Å². The Morgan fingerprint density at radius 1 is 0.885 bits per heavy atom. The van der Waals surface area contributed by atoms with Crippen LogP contribution in [0.1, 0.15) is 51.4 Å². The molecule has 26 heavy (non-hydrogen) atoms. The summed E-state index contributed by atoms with van der Waals surface area (Å²) in [6.07, 6.45) is 9.09. The normalized spacial score (nSPS) is 31.9. The lowest BCUT2D eigenvalue weighted by molar-refractivity contribution is -0.149. The largest absolute Gasteiger partial charge is 0.339 e. The minimum atomic E-state index is -0.294. The second-order valence-corrected chi connectivity index (χ2v) is 8.92. The molecule has 0 bridgehead atoms. The van der Waals surface area contributed by atoms with Gasteiger partial charge in [0.25, 0.3) is 0 Å². The van der Waals surface area contributed by atoms with Crippen molar-refractivity contribution in [2.24, 2.45) is 5.41 Å². The first-order valence-corrected chi connectivity index (χ1v) is 10.6. The first kappa shape index (κ1) is 18.1. The van der Waals surface area contributed by atoms with Crippen LogP contribution >= 0.6 is 0 Å². The molecule has 1 atom stereocenters. The van der Waals surface area contributed by atoms with Gasteiger partial charge in [-0.15, -0.1) is 0 Å². The lowest BCUT2D eigenvalue weighted by atomic mass is 9.77. The number of amides is 3. The third kappa shape index (κ3) is 3.32. The molecule has 1 spiro atoms. The molecular formula is C20H34N4O2. The van der Waals surface area contributed by atoms with E-state index < -0.39 is 0 Å². The van der Waals surface area contributed by atoms with Gasteiger partial charge >= 0.3 is 6.03 Å². The van der Waals surface area contributed by atoms with Gasteiger partial charge in [0.15, 0.2) is 0 Å². The van der Waals surface area contributed by atoms with E-state index in [0.29, 0.717) is 18.5 Å². The molecule has 0 aromatic heterocycles. The van der Waals surface area contributed by atoms with Crippen LogP contribution in [0.5, 0.6) is 0 Å². The molecule has 1 aliphatic carbocycles. The summed E-state index contributed by atoms with van der Waals surface area (Å²) in [5.41, 5.74) is -0.294. The number of hydrogen-bond donors (Lipinski definition) is 0. The van der Waals surface area contributed by atoms with E-state index in [1.807, 2.05) is 9.80 Å². The molecule has 0 N–H and O–H groups in total. The Hall–Kier alpha value is -1.30. The Morgan fingerprint density at radius 2 is 1.62 bits per heavy atom. The van der Waals surface area contributed by atoms with Gasteiger partial charge in [-0.3, -0.25) is 4.79 Å². The van der Waals surface area contributed by atoms with Crippen LogP contribution in [0.25, 0.3) is 0 Å². The van der Waals surface area contributed by atoms with Gasteiger partial charge in [0, 0.05) is 51.9 Å². The standard InChI is InChI=1S/C20H34N4O2/c1-21-12-14-22(15-13-21)19(26)23-11-9-20(16-23)8-5-10-24(18(20)25)17-6-3-2-4-7-17/h17H,2-16H2,1H3/t20-/m0/s1. The molecule has 4 rings (SSSR count). The molecule has 0 aromatic carbocycles. The average molecular weight is 363 g/mol. The number of piperidine rings is 1. The maximum atomic E-state index is 13.4. The Kier molecular flexibility index (Phi) is 5.13. The number of carbonyl (C=O) groups is 2. The van der Waals surface area contributed by atoms with Crippen molar-refractivity contribution < 1.29 is 9.59 Å². The summed E-state index contributed by atoms with van der Waals surface area (Å²) >= 11 is 0. The summed E-state index contributed by atoms with van der Waals surface area (Å²) in [6, 6.07) is 0.605. The van der Waals surface area contributed by atoms with E-state index in [9.17, 15) is 9.59 Å². The fourth-order valence-corrected chi connectivity index (χ4v) is 5.45. The Bertz CT molecular complexity index is 540. The topological polar surface area (TPSA) is 47.1 Å². The molecule has 0 aromatic rings. The summed E-state index contributed by atoms with van der Waals surface area (Å²) in [5.74, 6) is 0.351. The summed E-state index contributed by atoms with van der Waals surface area (Å²) in [7, 11) is 2.10. The van der Waals surface area contributed by atoms with Gasteiger partial charge in [-0.25, -0.2) is 4.79 Å². The highest BCUT2D eigenvalue weighted by Gasteiger charge is 2.51. The van der Waals surface area contributed by atoms with Crippen molar-refractivity contribution in [1.29, 1.82) is 0 Å². The second kappa shape index (κ2) is 7.37. The smallest absolute Gasteiger partial charge is 0.320 e. The molecule has 4 fully saturated rings. The lowest BCUT2D eigenvalue weighted by Gasteiger charge is -2.44. The van der Waals surface area contributed by atoms with Gasteiger partial charge in [-0.05, 0) is 39.2 Å². The number of carbonyl (C=O) groups excluding carboxylic acids is 2. The van der Waals surface area contributed by atoms with Crippen LogP contribution in [0.4, 0.5) is 4.79 Å². The van der Waals surface area contributed by atoms with Crippen LogP contribution in [0.15, 0.2) is 0 Å². The van der Waals surface area contributed by atoms with E-state index in [2.05, 4.69) is 16.8 Å². The zero-order chi connectivity index (χ0) is 18.1. The minimum absolute atomic E-state index is 0.151. The van der Waals surface area contributed by atoms with Crippen LogP contribution in [-0.4, -0.2) is 90.4 Å². The molecule has 1 saturated carbocycles. The fraction of sp³-hybridized carbons (Fsp3) is 0.900. The molecule has 6 heteroatoms. The molecular weight excluding hydrogens is 328 g/mol. The molecule has 3 amide bonds. The summed E-state index contributed by atoms with van der Waals surface area (Å²) < 4.78 is 0. The van der Waals surface area contributed by atoms with Crippen molar-refractivity contribution in [1.82, 2.24) is 19.6 Å². The summed E-state index contributed by atoms with van der Waals surface area (Å²) in [6.45, 7) is 5.81. The number of piperazine rings is 1. The van der Waals surface area contributed by atoms with Crippen LogP contribution < -0.4 is 0 Å². The van der Waals surface area contributed by atoms with Gasteiger partial charge < -0.3 is 19.6 Å². The van der Waals surface area contributed by atoms with Crippen LogP contribution in [0, 0.1) is 5.41 Å². The molecule has 0 radical (unpaired) electrons. The molecule has 6 nitrogen and oxygen atoms in total. The Labute approximate surface area is 157 Å². The minimum Gasteiger partial charge on any atom is -0.339 e. The van der Waals surface area contributed by atoms with Crippen LogP contribution in [-0.2, 0) is 4.79 Å². The summed E-state index contributed by atoms with van der Waals surface area (Å²) in [5, 5.41) is 0. The van der Waals surface area contributed by atoms with E-state index in [1.165, 1.54) is 32.1 Å². The highest BCUT2D eigenvalue weighted by molar-refractivity contribution is 5.86. The van der Waals surface area contributed by atoms with E-state index in [1.54, 1.807) is 0 Å². The van der Waals surface area contributed by atoms with Crippen molar-refractivity contribution in [3.05, 3.63) is 0 Å². The Morgan fingerprint density at radius 3 is 2.35 bits per heavy atom. The third-order valence-electron chi connectivity index (χ3n) is 7.18. The fourth-order valence-electron chi connectivity index (χ4n) is 5.45. The summed E-state index contributed by atoms with van der Waals surface area (Å²) in [4.78, 5) is 34.7. The average Bonchev–Trinajstić information content (AvgIpc) is 3.10. The van der Waals surface area contributed by atoms with Crippen molar-refractivity contribution in [3.63, 3.8) is 0 Å². The molecule has 0 unspecified atom stereocenters. The molecule has 3 aliphatic heterocycles. The maximum Gasteiger partial charge on any atom is 0.320 e. The van der Waals surface area contributed by atoms with Gasteiger partial charge in [-0.1, -0.05) is 19.3 Å². The van der Waals surface area contributed by atoms with Crippen LogP contribution in [0.3, 0.4) is 0 Å². The van der Waals surface area contributed by atoms with Crippen molar-refractivity contribution in [3.8, 4) is 0 Å². The van der Waals surface area contributed by atoms with Crippen LogP contribution in [0.2, 0.25) is 0 Å². The lowest BCUT2D eigenvalue weighted by Crippen LogP contribution is -2.55.